The molecule has 0 bridgehead atoms. The normalized spacial score (nSPS) is 32.8. The number of hydrogen-bond donors (Lipinski definition) is 1. The highest BCUT2D eigenvalue weighted by molar-refractivity contribution is 5.73. The third kappa shape index (κ3) is 1.17. The van der Waals surface area contributed by atoms with E-state index in [9.17, 15) is 13.6 Å². The van der Waals surface area contributed by atoms with Crippen molar-refractivity contribution < 1.29 is 18.7 Å². The Morgan fingerprint density at radius 3 is 2.33 bits per heavy atom. The van der Waals surface area contributed by atoms with Crippen LogP contribution in [-0.4, -0.2) is 17.5 Å². The molecular formula is C5H6F2O2. The van der Waals surface area contributed by atoms with E-state index < -0.39 is 24.2 Å². The van der Waals surface area contributed by atoms with Crippen LogP contribution in [0.25, 0.3) is 0 Å². The lowest BCUT2D eigenvalue weighted by Gasteiger charge is -1.90. The van der Waals surface area contributed by atoms with Crippen LogP contribution in [0.2, 0.25) is 0 Å². The van der Waals surface area contributed by atoms with Crippen LogP contribution in [-0.2, 0) is 4.79 Å². The molecular weight excluding hydrogens is 130 g/mol. The third-order valence-electron chi connectivity index (χ3n) is 1.48. The fourth-order valence-electron chi connectivity index (χ4n) is 0.777. The smallest absolute Gasteiger partial charge is 0.307 e. The Hall–Kier alpha value is -0.670. The lowest BCUT2D eigenvalue weighted by Crippen LogP contribution is -2.04. The second-order valence-electron chi connectivity index (χ2n) is 2.18. The Morgan fingerprint density at radius 1 is 1.67 bits per heavy atom. The average Bonchev–Trinajstić information content (AvgIpc) is 2.39. The van der Waals surface area contributed by atoms with E-state index in [2.05, 4.69) is 0 Å². The van der Waals surface area contributed by atoms with Gasteiger partial charge in [0.05, 0.1) is 5.92 Å². The zero-order valence-electron chi connectivity index (χ0n) is 4.55. The Morgan fingerprint density at radius 2 is 2.22 bits per heavy atom. The molecule has 0 radical (unpaired) electrons. The monoisotopic (exact) mass is 136 g/mol. The molecule has 1 rings (SSSR count). The van der Waals surface area contributed by atoms with Crippen molar-refractivity contribution in [3.05, 3.63) is 0 Å². The molecule has 1 fully saturated rings. The molecule has 1 N–H and O–H groups in total. The van der Waals surface area contributed by atoms with E-state index in [0.717, 1.165) is 0 Å². The number of carboxylic acids is 1. The second-order valence-corrected chi connectivity index (χ2v) is 2.18. The zero-order chi connectivity index (χ0) is 7.02. The van der Waals surface area contributed by atoms with Crippen molar-refractivity contribution in [2.24, 2.45) is 11.8 Å². The van der Waals surface area contributed by atoms with E-state index >= 15 is 0 Å². The van der Waals surface area contributed by atoms with Crippen molar-refractivity contribution in [3.63, 3.8) is 0 Å². The van der Waals surface area contributed by atoms with Crippen molar-refractivity contribution in [1.82, 2.24) is 0 Å². The zero-order valence-corrected chi connectivity index (χ0v) is 4.55. The molecule has 0 aromatic heterocycles. The molecule has 1 aliphatic carbocycles. The summed E-state index contributed by atoms with van der Waals surface area (Å²) in [6.07, 6.45) is -2.31. The highest BCUT2D eigenvalue weighted by Crippen LogP contribution is 2.42. The summed E-state index contributed by atoms with van der Waals surface area (Å²) in [5.41, 5.74) is 0. The SMILES string of the molecule is O=C(O)C1CC1C(F)F. The van der Waals surface area contributed by atoms with Crippen LogP contribution in [0.3, 0.4) is 0 Å². The molecule has 2 atom stereocenters. The van der Waals surface area contributed by atoms with Gasteiger partial charge in [0.1, 0.15) is 0 Å². The van der Waals surface area contributed by atoms with E-state index in [0.29, 0.717) is 0 Å². The minimum Gasteiger partial charge on any atom is -0.481 e. The second kappa shape index (κ2) is 1.93. The standard InChI is InChI=1S/C5H6F2O2/c6-4(7)2-1-3(2)5(8)9/h2-4H,1H2,(H,8,9). The van der Waals surface area contributed by atoms with Crippen LogP contribution < -0.4 is 0 Å². The van der Waals surface area contributed by atoms with Crippen molar-refractivity contribution >= 4 is 5.97 Å². The van der Waals surface area contributed by atoms with Gasteiger partial charge in [-0.25, -0.2) is 8.78 Å². The number of hydrogen-bond acceptors (Lipinski definition) is 1. The third-order valence-corrected chi connectivity index (χ3v) is 1.48. The van der Waals surface area contributed by atoms with E-state index in [1.807, 2.05) is 0 Å². The maximum Gasteiger partial charge on any atom is 0.307 e. The van der Waals surface area contributed by atoms with Gasteiger partial charge in [0.2, 0.25) is 6.43 Å². The summed E-state index contributed by atoms with van der Waals surface area (Å²) in [6.45, 7) is 0. The summed E-state index contributed by atoms with van der Waals surface area (Å²) in [7, 11) is 0. The van der Waals surface area contributed by atoms with Crippen LogP contribution in [0.1, 0.15) is 6.42 Å². The van der Waals surface area contributed by atoms with Crippen molar-refractivity contribution in [2.75, 3.05) is 0 Å². The largest absolute Gasteiger partial charge is 0.481 e. The van der Waals surface area contributed by atoms with E-state index in [-0.39, 0.29) is 6.42 Å². The van der Waals surface area contributed by atoms with Crippen molar-refractivity contribution in [1.29, 1.82) is 0 Å². The summed E-state index contributed by atoms with van der Waals surface area (Å²) in [4.78, 5) is 9.94. The quantitative estimate of drug-likeness (QED) is 0.614. The van der Waals surface area contributed by atoms with Gasteiger partial charge in [0, 0.05) is 5.92 Å². The van der Waals surface area contributed by atoms with Crippen LogP contribution in [0, 0.1) is 11.8 Å². The minimum atomic E-state index is -2.45. The van der Waals surface area contributed by atoms with Gasteiger partial charge in [-0.05, 0) is 6.42 Å². The molecule has 1 aliphatic rings. The molecule has 2 unspecified atom stereocenters. The van der Waals surface area contributed by atoms with Gasteiger partial charge < -0.3 is 5.11 Å². The first-order valence-corrected chi connectivity index (χ1v) is 2.64. The summed E-state index contributed by atoms with van der Waals surface area (Å²) in [5.74, 6) is -2.74. The molecule has 0 saturated heterocycles. The van der Waals surface area contributed by atoms with E-state index in [1.165, 1.54) is 0 Å². The number of halogens is 2. The van der Waals surface area contributed by atoms with Crippen LogP contribution in [0.15, 0.2) is 0 Å². The molecule has 0 aliphatic heterocycles. The fraction of sp³-hybridized carbons (Fsp3) is 0.800. The topological polar surface area (TPSA) is 37.3 Å². The van der Waals surface area contributed by atoms with Crippen molar-refractivity contribution in [3.8, 4) is 0 Å². The number of carboxylic acid groups (broad SMARTS) is 1. The summed E-state index contributed by atoms with van der Waals surface area (Å²) in [6, 6.07) is 0. The molecule has 0 amide bonds. The molecule has 1 saturated carbocycles. The predicted octanol–water partition coefficient (Wildman–Crippen LogP) is 0.972. The van der Waals surface area contributed by atoms with Crippen LogP contribution in [0.5, 0.6) is 0 Å². The van der Waals surface area contributed by atoms with Gasteiger partial charge in [-0.1, -0.05) is 0 Å². The Bertz CT molecular complexity index is 135. The molecule has 9 heavy (non-hydrogen) atoms. The number of rotatable bonds is 2. The van der Waals surface area contributed by atoms with E-state index in [1.54, 1.807) is 0 Å². The molecule has 0 aromatic carbocycles. The highest BCUT2D eigenvalue weighted by atomic mass is 19.3. The number of carbonyl (C=O) groups is 1. The highest BCUT2D eigenvalue weighted by Gasteiger charge is 2.49. The van der Waals surface area contributed by atoms with E-state index in [4.69, 9.17) is 5.11 Å². The van der Waals surface area contributed by atoms with Gasteiger partial charge in [-0.3, -0.25) is 4.79 Å². The molecule has 4 heteroatoms. The lowest BCUT2D eigenvalue weighted by molar-refractivity contribution is -0.139. The molecule has 0 heterocycles. The Balaban J connectivity index is 2.33. The van der Waals surface area contributed by atoms with Crippen molar-refractivity contribution in [2.45, 2.75) is 12.8 Å². The summed E-state index contributed by atoms with van der Waals surface area (Å²) < 4.78 is 23.1. The Kier molecular flexibility index (Phi) is 1.38. The first-order chi connectivity index (χ1) is 4.13. The van der Waals surface area contributed by atoms with Gasteiger partial charge in [-0.15, -0.1) is 0 Å². The molecule has 2 nitrogen and oxygen atoms in total. The van der Waals surface area contributed by atoms with Crippen LogP contribution >= 0.6 is 0 Å². The number of alkyl halides is 2. The number of aliphatic carboxylic acids is 1. The van der Waals surface area contributed by atoms with Gasteiger partial charge in [0.15, 0.2) is 0 Å². The Labute approximate surface area is 50.5 Å². The fourth-order valence-corrected chi connectivity index (χ4v) is 0.777. The van der Waals surface area contributed by atoms with Gasteiger partial charge in [0.25, 0.3) is 0 Å². The average molecular weight is 136 g/mol. The first-order valence-electron chi connectivity index (χ1n) is 2.64. The molecule has 52 valence electrons. The summed E-state index contributed by atoms with van der Waals surface area (Å²) in [5, 5.41) is 8.14. The molecule has 0 aromatic rings. The maximum absolute atomic E-state index is 11.6. The minimum absolute atomic E-state index is 0.146. The van der Waals surface area contributed by atoms with Gasteiger partial charge >= 0.3 is 5.97 Å². The summed E-state index contributed by atoms with van der Waals surface area (Å²) >= 11 is 0. The molecule has 0 spiro atoms. The maximum atomic E-state index is 11.6. The first kappa shape index (κ1) is 6.45. The van der Waals surface area contributed by atoms with Gasteiger partial charge in [-0.2, -0.15) is 0 Å². The van der Waals surface area contributed by atoms with Crippen LogP contribution in [0.4, 0.5) is 8.78 Å². The predicted molar refractivity (Wildman–Crippen MR) is 25.2 cm³/mol. The lowest BCUT2D eigenvalue weighted by atomic mass is 10.3.